The number of thiazole rings is 2. The van der Waals surface area contributed by atoms with Crippen LogP contribution in [0.4, 0.5) is 15.2 Å². The molecule has 6 amide bonds. The zero-order chi connectivity index (χ0) is 55.3. The lowest BCUT2D eigenvalue weighted by molar-refractivity contribution is -0.141. The second kappa shape index (κ2) is 24.5. The highest BCUT2D eigenvalue weighted by Crippen LogP contribution is 2.39. The van der Waals surface area contributed by atoms with Gasteiger partial charge in [0.2, 0.25) is 23.6 Å². The number of piperazine rings is 1. The molecule has 4 aliphatic rings. The van der Waals surface area contributed by atoms with Crippen LogP contribution >= 0.6 is 22.7 Å². The summed E-state index contributed by atoms with van der Waals surface area (Å²) < 4.78 is 14.5. The van der Waals surface area contributed by atoms with Crippen LogP contribution in [-0.2, 0) is 37.1 Å². The van der Waals surface area contributed by atoms with E-state index < -0.39 is 47.3 Å². The summed E-state index contributed by atoms with van der Waals surface area (Å²) in [6, 6.07) is 14.7. The maximum atomic E-state index is 14.5. The van der Waals surface area contributed by atoms with Crippen molar-refractivity contribution >= 4 is 68.9 Å². The molecule has 5 N–H and O–H groups in total. The van der Waals surface area contributed by atoms with E-state index in [1.165, 1.54) is 28.5 Å². The number of rotatable bonds is 18. The van der Waals surface area contributed by atoms with Gasteiger partial charge in [-0.05, 0) is 91.5 Å². The van der Waals surface area contributed by atoms with Gasteiger partial charge in [0.1, 0.15) is 23.7 Å². The molecule has 0 spiro atoms. The first-order chi connectivity index (χ1) is 37.4. The summed E-state index contributed by atoms with van der Waals surface area (Å²) in [5, 5.41) is 32.0. The lowest BCUT2D eigenvalue weighted by atomic mass is 9.85. The van der Waals surface area contributed by atoms with Crippen molar-refractivity contribution in [3.63, 3.8) is 0 Å². The molecule has 5 aromatic rings. The number of aliphatic hydroxyl groups excluding tert-OH is 1. The second-order valence-corrected chi connectivity index (χ2v) is 23.6. The molecule has 4 atom stereocenters. The van der Waals surface area contributed by atoms with Gasteiger partial charge in [-0.2, -0.15) is 0 Å². The fraction of sp³-hybridized carbons (Fsp3) is 0.474. The number of aromatic hydroxyl groups is 1. The molecule has 0 aliphatic carbocycles. The van der Waals surface area contributed by atoms with Crippen LogP contribution in [0.25, 0.3) is 10.4 Å². The number of carbonyl (C=O) groups is 6. The number of benzene rings is 3. The highest BCUT2D eigenvalue weighted by Gasteiger charge is 2.43. The van der Waals surface area contributed by atoms with Crippen LogP contribution in [0.15, 0.2) is 77.8 Å². The third-order valence-corrected chi connectivity index (χ3v) is 17.1. The summed E-state index contributed by atoms with van der Waals surface area (Å²) >= 11 is 2.78. The van der Waals surface area contributed by atoms with Crippen LogP contribution in [0.1, 0.15) is 111 Å². The fourth-order valence-electron chi connectivity index (χ4n) is 11.2. The van der Waals surface area contributed by atoms with Crippen molar-refractivity contribution in [1.29, 1.82) is 0 Å². The number of fused-ring (bicyclic) bond motifs is 1. The largest absolute Gasteiger partial charge is 0.508 e. The first-order valence-corrected chi connectivity index (χ1v) is 28.6. The van der Waals surface area contributed by atoms with Gasteiger partial charge >= 0.3 is 0 Å². The molecular weight excluding hydrogens is 1040 g/mol. The molecule has 3 fully saturated rings. The van der Waals surface area contributed by atoms with Crippen LogP contribution in [-0.4, -0.2) is 145 Å². The number of piperidine rings is 1. The Hall–Kier alpha value is -6.81. The third-order valence-electron chi connectivity index (χ3n) is 15.5. The van der Waals surface area contributed by atoms with Crippen molar-refractivity contribution in [3.05, 3.63) is 112 Å². The number of unbranched alkanes of at least 4 members (excludes halogenated alkanes) is 1. The van der Waals surface area contributed by atoms with Crippen molar-refractivity contribution in [2.45, 2.75) is 122 Å². The Bertz CT molecular complexity index is 2970. The van der Waals surface area contributed by atoms with E-state index in [1.807, 2.05) is 80.6 Å². The number of carbonyl (C=O) groups excluding carboxylic acids is 6. The number of hydrogen-bond donors (Lipinski definition) is 5. The van der Waals surface area contributed by atoms with Gasteiger partial charge in [0, 0.05) is 119 Å². The van der Waals surface area contributed by atoms with E-state index in [1.54, 1.807) is 21.6 Å². The van der Waals surface area contributed by atoms with E-state index in [0.717, 1.165) is 84.1 Å². The number of likely N-dealkylation sites (tertiary alicyclic amines) is 1. The summed E-state index contributed by atoms with van der Waals surface area (Å²) in [4.78, 5) is 101. The number of anilines is 2. The molecular formula is C57H69FN10O8S2. The van der Waals surface area contributed by atoms with E-state index >= 15 is 0 Å². The van der Waals surface area contributed by atoms with Gasteiger partial charge in [-0.25, -0.2) is 14.4 Å². The standard InChI is InChI=1S/C57H69FN10O8S2/c1-35-51(78-34-61-35)37-11-9-36(10-12-37)31-60-48(72)30-42-28-43(69)33-67(42)55(76)52(57(2,3)4)62-47(71)7-5-6-8-49(73)66-24-22-65(23-25-66)40-17-20-64(21-18-40)41-15-13-38-32-68(54(75)44(38)29-41)50(45-27-39(58)14-16-46(45)70)53(74)63-56-59-19-26-77-56/h9-16,19,26-27,29,34,40,42-43,50,52,69-70H,5-8,17-18,20-25,28,30-33H2,1-4H3,(H,60,72)(H,62,71)(H,59,63,74)/t42-,43+,50?,52-/m0/s1. The van der Waals surface area contributed by atoms with Gasteiger partial charge in [0.15, 0.2) is 5.13 Å². The number of phenolic OH excluding ortho intramolecular Hbond substituents is 1. The number of phenols is 1. The Morgan fingerprint density at radius 1 is 0.885 bits per heavy atom. The zero-order valence-corrected chi connectivity index (χ0v) is 46.2. The number of aryl methyl sites for hydroxylation is 1. The molecule has 0 radical (unpaired) electrons. The molecule has 4 aliphatic heterocycles. The van der Waals surface area contributed by atoms with Gasteiger partial charge in [0.25, 0.3) is 11.8 Å². The first kappa shape index (κ1) is 55.9. The van der Waals surface area contributed by atoms with Gasteiger partial charge in [-0.15, -0.1) is 22.7 Å². The SMILES string of the molecule is Cc1ncsc1-c1ccc(CNC(=O)C[C@@H]2C[C@@H](O)CN2C(=O)[C@H](NC(=O)CCCCC(=O)N2CCN(C3CCN(c4ccc5c(c4)C(=O)N(C(C(=O)Nc4nccs4)c4cc(F)ccc4O)C5)CC3)CC2)C(C)(C)C)cc1. The molecule has 6 heterocycles. The number of amides is 6. The van der Waals surface area contributed by atoms with Crippen LogP contribution in [0.5, 0.6) is 5.75 Å². The van der Waals surface area contributed by atoms with Gasteiger partial charge in [0.05, 0.1) is 22.2 Å². The summed E-state index contributed by atoms with van der Waals surface area (Å²) in [6.07, 6.45) is 4.29. The molecule has 1 unspecified atom stereocenters. The van der Waals surface area contributed by atoms with E-state index in [-0.39, 0.29) is 67.3 Å². The Morgan fingerprint density at radius 3 is 2.32 bits per heavy atom. The molecule has 9 rings (SSSR count). The molecule has 2 aromatic heterocycles. The van der Waals surface area contributed by atoms with Crippen LogP contribution < -0.4 is 20.9 Å². The van der Waals surface area contributed by atoms with E-state index in [0.29, 0.717) is 55.6 Å². The van der Waals surface area contributed by atoms with Crippen molar-refractivity contribution in [3.8, 4) is 16.2 Å². The number of β-amino-alcohol motifs (C(OH)–C–C–N with tert-alkyl or cyclic N) is 1. The van der Waals surface area contributed by atoms with E-state index in [4.69, 9.17) is 0 Å². The number of aromatic nitrogens is 2. The molecule has 0 bridgehead atoms. The summed E-state index contributed by atoms with van der Waals surface area (Å²) in [5.74, 6) is -2.77. The highest BCUT2D eigenvalue weighted by atomic mass is 32.1. The highest BCUT2D eigenvalue weighted by molar-refractivity contribution is 7.14. The van der Waals surface area contributed by atoms with Crippen LogP contribution in [0, 0.1) is 18.2 Å². The number of nitrogens with one attached hydrogen (secondary N) is 3. The fourth-order valence-corrected chi connectivity index (χ4v) is 12.5. The minimum atomic E-state index is -1.31. The van der Waals surface area contributed by atoms with Crippen LogP contribution in [0.3, 0.4) is 0 Å². The smallest absolute Gasteiger partial charge is 0.255 e. The average Bonchev–Trinajstić information content (AvgIpc) is 4.27. The maximum Gasteiger partial charge on any atom is 0.255 e. The molecule has 414 valence electrons. The third kappa shape index (κ3) is 13.2. The van der Waals surface area contributed by atoms with E-state index in [9.17, 15) is 43.4 Å². The number of hydrogen-bond acceptors (Lipinski definition) is 14. The lowest BCUT2D eigenvalue weighted by Gasteiger charge is -2.43. The van der Waals surface area contributed by atoms with E-state index in [2.05, 4.69) is 35.7 Å². The molecule has 78 heavy (non-hydrogen) atoms. The molecule has 0 saturated carbocycles. The Balaban J connectivity index is 0.690. The number of nitrogens with zero attached hydrogens (tertiary/aromatic N) is 7. The Kier molecular flexibility index (Phi) is 17.5. The minimum absolute atomic E-state index is 0.0220. The molecule has 3 saturated heterocycles. The molecule has 3 aromatic carbocycles. The second-order valence-electron chi connectivity index (χ2n) is 21.9. The Morgan fingerprint density at radius 2 is 1.63 bits per heavy atom. The number of halogens is 1. The normalized spacial score (nSPS) is 18.9. The summed E-state index contributed by atoms with van der Waals surface area (Å²) in [5.41, 5.74) is 6.18. The van der Waals surface area contributed by atoms with Gasteiger partial charge in [-0.1, -0.05) is 51.1 Å². The topological polar surface area (TPSA) is 221 Å². The van der Waals surface area contributed by atoms with Crippen molar-refractivity contribution < 1.29 is 43.4 Å². The van der Waals surface area contributed by atoms with Gasteiger partial charge in [-0.3, -0.25) is 39.0 Å². The number of aliphatic hydroxyl groups is 1. The maximum absolute atomic E-state index is 14.5. The summed E-state index contributed by atoms with van der Waals surface area (Å²) in [7, 11) is 0. The van der Waals surface area contributed by atoms with Gasteiger partial charge < -0.3 is 40.4 Å². The van der Waals surface area contributed by atoms with Crippen molar-refractivity contribution in [1.82, 2.24) is 40.2 Å². The van der Waals surface area contributed by atoms with Crippen molar-refractivity contribution in [2.75, 3.05) is 56.0 Å². The van der Waals surface area contributed by atoms with Crippen LogP contribution in [0.2, 0.25) is 0 Å². The lowest BCUT2D eigenvalue weighted by Crippen LogP contribution is -2.56. The zero-order valence-electron chi connectivity index (χ0n) is 44.6. The summed E-state index contributed by atoms with van der Waals surface area (Å²) in [6.45, 7) is 12.4. The Labute approximate surface area is 462 Å². The quantitative estimate of drug-likeness (QED) is 0.0584. The minimum Gasteiger partial charge on any atom is -0.508 e. The monoisotopic (exact) mass is 1100 g/mol. The molecule has 18 nitrogen and oxygen atoms in total. The first-order valence-electron chi connectivity index (χ1n) is 26.8. The average molecular weight is 1110 g/mol. The van der Waals surface area contributed by atoms with Crippen molar-refractivity contribution in [2.24, 2.45) is 5.41 Å². The predicted molar refractivity (Wildman–Crippen MR) is 296 cm³/mol. The molecule has 21 heteroatoms. The predicted octanol–water partition coefficient (Wildman–Crippen LogP) is 6.63.